The number of amides is 2. The lowest BCUT2D eigenvalue weighted by atomic mass is 9.94. The van der Waals surface area contributed by atoms with Crippen LogP contribution in [-0.2, 0) is 29.1 Å². The maximum atomic E-state index is 13.9. The van der Waals surface area contributed by atoms with Gasteiger partial charge >= 0.3 is 0 Å². The van der Waals surface area contributed by atoms with Crippen molar-refractivity contribution < 1.29 is 19.1 Å². The molecule has 4 aromatic rings. The number of hydrogen-bond donors (Lipinski definition) is 3. The molecule has 3 N–H and O–H groups in total. The molecule has 0 unspecified atom stereocenters. The Kier molecular flexibility index (Phi) is 10.1. The SMILES string of the molecule is O=C(CO)NCc1nc(-c2ccc(Cl)cc2)c(-c2ccc(Cl)cc2Cl)cc1CCC(=O)NCc1ccccc1F. The first-order valence-corrected chi connectivity index (χ1v) is 13.5. The molecule has 0 saturated heterocycles. The lowest BCUT2D eigenvalue weighted by Gasteiger charge is -2.18. The maximum absolute atomic E-state index is 13.9. The first kappa shape index (κ1) is 29.5. The second kappa shape index (κ2) is 13.7. The van der Waals surface area contributed by atoms with Gasteiger partial charge in [0.05, 0.1) is 17.9 Å². The summed E-state index contributed by atoms with van der Waals surface area (Å²) in [5.41, 5.74) is 4.32. The van der Waals surface area contributed by atoms with E-state index in [9.17, 15) is 19.1 Å². The van der Waals surface area contributed by atoms with Crippen LogP contribution >= 0.6 is 34.8 Å². The molecule has 1 heterocycles. The van der Waals surface area contributed by atoms with E-state index in [0.29, 0.717) is 48.7 Å². The lowest BCUT2D eigenvalue weighted by Crippen LogP contribution is -2.27. The van der Waals surface area contributed by atoms with Gasteiger partial charge in [0.15, 0.2) is 0 Å². The maximum Gasteiger partial charge on any atom is 0.246 e. The number of rotatable bonds is 10. The predicted octanol–water partition coefficient (Wildman–Crippen LogP) is 6.37. The van der Waals surface area contributed by atoms with E-state index in [0.717, 1.165) is 5.56 Å². The van der Waals surface area contributed by atoms with Crippen molar-refractivity contribution in [3.63, 3.8) is 0 Å². The third kappa shape index (κ3) is 7.58. The highest BCUT2D eigenvalue weighted by molar-refractivity contribution is 6.36. The van der Waals surface area contributed by atoms with Gasteiger partial charge < -0.3 is 15.7 Å². The molecule has 0 saturated carbocycles. The van der Waals surface area contributed by atoms with Gasteiger partial charge in [-0.3, -0.25) is 14.6 Å². The summed E-state index contributed by atoms with van der Waals surface area (Å²) in [6.45, 7) is -0.582. The van der Waals surface area contributed by atoms with E-state index in [1.54, 1.807) is 48.5 Å². The summed E-state index contributed by atoms with van der Waals surface area (Å²) in [7, 11) is 0. The van der Waals surface area contributed by atoms with Crippen molar-refractivity contribution in [2.75, 3.05) is 6.61 Å². The van der Waals surface area contributed by atoms with Crippen LogP contribution in [0.15, 0.2) is 72.8 Å². The van der Waals surface area contributed by atoms with E-state index < -0.39 is 18.3 Å². The molecular weight excluding hydrogens is 576 g/mol. The molecule has 40 heavy (non-hydrogen) atoms. The fraction of sp³-hybridized carbons (Fsp3) is 0.167. The highest BCUT2D eigenvalue weighted by Crippen LogP contribution is 2.38. The normalized spacial score (nSPS) is 10.8. The molecule has 0 aliphatic carbocycles. The number of aliphatic hydroxyl groups excluding tert-OH is 1. The second-order valence-electron chi connectivity index (χ2n) is 8.92. The number of nitrogens with zero attached hydrogens (tertiary/aromatic N) is 1. The number of halogens is 4. The van der Waals surface area contributed by atoms with Crippen molar-refractivity contribution in [1.29, 1.82) is 0 Å². The number of benzene rings is 3. The van der Waals surface area contributed by atoms with Gasteiger partial charge in [-0.1, -0.05) is 71.2 Å². The Morgan fingerprint density at radius 3 is 2.20 bits per heavy atom. The summed E-state index contributed by atoms with van der Waals surface area (Å²) in [6, 6.07) is 20.4. The molecule has 4 rings (SSSR count). The summed E-state index contributed by atoms with van der Waals surface area (Å²) in [4.78, 5) is 29.4. The largest absolute Gasteiger partial charge is 0.387 e. The van der Waals surface area contributed by atoms with E-state index in [1.807, 2.05) is 18.2 Å². The molecule has 2 amide bonds. The minimum Gasteiger partial charge on any atom is -0.387 e. The van der Waals surface area contributed by atoms with Gasteiger partial charge in [0, 0.05) is 50.3 Å². The molecule has 0 aliphatic heterocycles. The van der Waals surface area contributed by atoms with Crippen LogP contribution in [0.2, 0.25) is 15.1 Å². The highest BCUT2D eigenvalue weighted by Gasteiger charge is 2.19. The summed E-state index contributed by atoms with van der Waals surface area (Å²) < 4.78 is 13.9. The number of aliphatic hydroxyl groups is 1. The molecule has 0 radical (unpaired) electrons. The summed E-state index contributed by atoms with van der Waals surface area (Å²) in [5.74, 6) is -1.23. The number of carbonyl (C=O) groups is 2. The van der Waals surface area contributed by atoms with Gasteiger partial charge in [-0.25, -0.2) is 4.39 Å². The fourth-order valence-corrected chi connectivity index (χ4v) is 4.75. The number of aromatic nitrogens is 1. The smallest absolute Gasteiger partial charge is 0.246 e. The van der Waals surface area contributed by atoms with Crippen LogP contribution in [0.3, 0.4) is 0 Å². The molecule has 206 valence electrons. The fourth-order valence-electron chi connectivity index (χ4n) is 4.11. The summed E-state index contributed by atoms with van der Waals surface area (Å²) in [5, 5.41) is 16.0. The minimum absolute atomic E-state index is 0.0286. The molecule has 6 nitrogen and oxygen atoms in total. The molecule has 0 spiro atoms. The van der Waals surface area contributed by atoms with E-state index >= 15 is 0 Å². The van der Waals surface area contributed by atoms with Crippen molar-refractivity contribution in [2.45, 2.75) is 25.9 Å². The second-order valence-corrected chi connectivity index (χ2v) is 10.2. The van der Waals surface area contributed by atoms with E-state index in [1.165, 1.54) is 6.07 Å². The zero-order valence-electron chi connectivity index (χ0n) is 21.2. The molecule has 10 heteroatoms. The molecule has 3 aromatic carbocycles. The Morgan fingerprint density at radius 1 is 0.800 bits per heavy atom. The lowest BCUT2D eigenvalue weighted by molar-refractivity contribution is -0.124. The van der Waals surface area contributed by atoms with Gasteiger partial charge in [0.2, 0.25) is 11.8 Å². The Bertz CT molecular complexity index is 1530. The van der Waals surface area contributed by atoms with Crippen molar-refractivity contribution in [3.8, 4) is 22.4 Å². The number of aryl methyl sites for hydroxylation is 1. The molecule has 0 atom stereocenters. The van der Waals surface area contributed by atoms with Crippen LogP contribution < -0.4 is 10.6 Å². The minimum atomic E-state index is -0.670. The van der Waals surface area contributed by atoms with Crippen LogP contribution in [0, 0.1) is 5.82 Å². The Balaban J connectivity index is 1.70. The third-order valence-corrected chi connectivity index (χ3v) is 6.98. The van der Waals surface area contributed by atoms with Crippen molar-refractivity contribution in [2.24, 2.45) is 0 Å². The van der Waals surface area contributed by atoms with E-state index in [-0.39, 0.29) is 31.8 Å². The van der Waals surface area contributed by atoms with Crippen molar-refractivity contribution in [1.82, 2.24) is 15.6 Å². The van der Waals surface area contributed by atoms with E-state index in [2.05, 4.69) is 10.6 Å². The first-order valence-electron chi connectivity index (χ1n) is 12.4. The van der Waals surface area contributed by atoms with Gasteiger partial charge in [-0.2, -0.15) is 0 Å². The summed E-state index contributed by atoms with van der Waals surface area (Å²) in [6.07, 6.45) is 0.366. The van der Waals surface area contributed by atoms with Gasteiger partial charge in [0.1, 0.15) is 12.4 Å². The Hall–Kier alpha value is -3.49. The topological polar surface area (TPSA) is 91.3 Å². The van der Waals surface area contributed by atoms with Gasteiger partial charge in [0.25, 0.3) is 0 Å². The third-order valence-electron chi connectivity index (χ3n) is 6.18. The van der Waals surface area contributed by atoms with Crippen LogP contribution in [0.25, 0.3) is 22.4 Å². The van der Waals surface area contributed by atoms with Gasteiger partial charge in [-0.15, -0.1) is 0 Å². The Morgan fingerprint density at radius 2 is 1.50 bits per heavy atom. The molecular formula is C30H25Cl3FN3O3. The number of hydrogen-bond acceptors (Lipinski definition) is 4. The first-order chi connectivity index (χ1) is 19.2. The standard InChI is InChI=1S/C30H25Cl3FN3O3/c31-21-8-5-18(6-9-21)30-24(23-11-10-22(32)14-25(23)33)13-19(27(37-30)16-36-29(40)17-38)7-12-28(39)35-15-20-3-1-2-4-26(20)34/h1-6,8-11,13-14,38H,7,12,15-17H2,(H,35,39)(H,36,40). The molecule has 1 aromatic heterocycles. The highest BCUT2D eigenvalue weighted by atomic mass is 35.5. The average Bonchev–Trinajstić information content (AvgIpc) is 2.95. The monoisotopic (exact) mass is 599 g/mol. The zero-order valence-corrected chi connectivity index (χ0v) is 23.5. The van der Waals surface area contributed by atoms with Crippen molar-refractivity contribution in [3.05, 3.63) is 111 Å². The van der Waals surface area contributed by atoms with Crippen LogP contribution in [0.4, 0.5) is 4.39 Å². The van der Waals surface area contributed by atoms with E-state index in [4.69, 9.17) is 39.8 Å². The molecule has 0 fully saturated rings. The van der Waals surface area contributed by atoms with Crippen LogP contribution in [0.1, 0.15) is 23.2 Å². The van der Waals surface area contributed by atoms with Crippen LogP contribution in [-0.4, -0.2) is 28.5 Å². The number of pyridine rings is 1. The van der Waals surface area contributed by atoms with Crippen LogP contribution in [0.5, 0.6) is 0 Å². The average molecular weight is 601 g/mol. The summed E-state index contributed by atoms with van der Waals surface area (Å²) >= 11 is 18.8. The molecule has 0 aliphatic rings. The Labute approximate surface area is 246 Å². The number of carbonyl (C=O) groups excluding carboxylic acids is 2. The zero-order chi connectivity index (χ0) is 28.6. The predicted molar refractivity (Wildman–Crippen MR) is 156 cm³/mol. The van der Waals surface area contributed by atoms with Crippen molar-refractivity contribution >= 4 is 46.6 Å². The number of nitrogens with one attached hydrogen (secondary N) is 2. The molecule has 0 bridgehead atoms. The quantitative estimate of drug-likeness (QED) is 0.197. The van der Waals surface area contributed by atoms with Gasteiger partial charge in [-0.05, 0) is 48.4 Å².